The zero-order valence-corrected chi connectivity index (χ0v) is 23.2. The summed E-state index contributed by atoms with van der Waals surface area (Å²) >= 11 is 0. The molecule has 0 atom stereocenters. The number of nitrogens with one attached hydrogen (secondary N) is 1. The van der Waals surface area contributed by atoms with Gasteiger partial charge in [-0.25, -0.2) is 9.07 Å². The molecule has 5 aromatic rings. The quantitative estimate of drug-likeness (QED) is 0.280. The van der Waals surface area contributed by atoms with Gasteiger partial charge < -0.3 is 4.90 Å². The van der Waals surface area contributed by atoms with E-state index in [1.807, 2.05) is 11.0 Å². The molecule has 1 aliphatic heterocycles. The molecule has 6 rings (SSSR count). The molecular formula is C26H26F4N12O. The van der Waals surface area contributed by atoms with Crippen LogP contribution in [0.25, 0.3) is 22.9 Å². The van der Waals surface area contributed by atoms with Gasteiger partial charge >= 0.3 is 6.18 Å². The number of rotatable bonds is 7. The van der Waals surface area contributed by atoms with Gasteiger partial charge in [0.25, 0.3) is 5.82 Å². The molecule has 1 N–H and O–H groups in total. The van der Waals surface area contributed by atoms with E-state index in [2.05, 4.69) is 45.9 Å². The van der Waals surface area contributed by atoms with E-state index in [0.717, 1.165) is 11.1 Å². The molecule has 13 nitrogen and oxygen atoms in total. The maximum Gasteiger partial charge on any atom is 0.453 e. The van der Waals surface area contributed by atoms with Crippen molar-refractivity contribution < 1.29 is 22.4 Å². The average molecular weight is 599 g/mol. The largest absolute Gasteiger partial charge is 0.453 e. The minimum atomic E-state index is -4.71. The second-order valence-electron chi connectivity index (χ2n) is 10.3. The molecule has 1 saturated heterocycles. The Morgan fingerprint density at radius 1 is 1.00 bits per heavy atom. The molecule has 224 valence electrons. The molecule has 0 bridgehead atoms. The van der Waals surface area contributed by atoms with E-state index in [9.17, 15) is 22.4 Å². The highest BCUT2D eigenvalue weighted by atomic mass is 19.4. The molecule has 0 radical (unpaired) electrons. The number of aromatic amines is 1. The van der Waals surface area contributed by atoms with Crippen molar-refractivity contribution in [3.05, 3.63) is 64.5 Å². The smallest absolute Gasteiger partial charge is 0.340 e. The van der Waals surface area contributed by atoms with Crippen molar-refractivity contribution in [1.82, 2.24) is 60.0 Å². The maximum atomic E-state index is 14.2. The second-order valence-corrected chi connectivity index (χ2v) is 10.3. The molecule has 43 heavy (non-hydrogen) atoms. The number of carbonyl (C=O) groups excluding carboxylic acids is 1. The summed E-state index contributed by atoms with van der Waals surface area (Å²) in [5.74, 6) is -1.12. The number of amides is 1. The van der Waals surface area contributed by atoms with Crippen molar-refractivity contribution in [3.63, 3.8) is 0 Å². The number of H-pyrrole nitrogens is 1. The highest BCUT2D eigenvalue weighted by molar-refractivity contribution is 5.76. The fourth-order valence-corrected chi connectivity index (χ4v) is 5.29. The van der Waals surface area contributed by atoms with Crippen LogP contribution in [0.1, 0.15) is 34.8 Å². The Kier molecular flexibility index (Phi) is 7.33. The monoisotopic (exact) mass is 598 g/mol. The lowest BCUT2D eigenvalue weighted by atomic mass is 10.1. The van der Waals surface area contributed by atoms with E-state index in [0.29, 0.717) is 66.4 Å². The third-order valence-corrected chi connectivity index (χ3v) is 7.44. The Morgan fingerprint density at radius 3 is 2.51 bits per heavy atom. The Hall–Kier alpha value is -4.80. The number of fused-ring (bicyclic) bond motifs is 1. The van der Waals surface area contributed by atoms with Gasteiger partial charge in [-0.2, -0.15) is 28.0 Å². The minimum Gasteiger partial charge on any atom is -0.340 e. The number of carbonyl (C=O) groups is 1. The van der Waals surface area contributed by atoms with Gasteiger partial charge in [0, 0.05) is 50.4 Å². The first kappa shape index (κ1) is 28.3. The van der Waals surface area contributed by atoms with E-state index in [-0.39, 0.29) is 29.6 Å². The molecular weight excluding hydrogens is 572 g/mol. The predicted molar refractivity (Wildman–Crippen MR) is 142 cm³/mol. The van der Waals surface area contributed by atoms with Crippen LogP contribution in [0.15, 0.2) is 30.3 Å². The Morgan fingerprint density at radius 2 is 1.79 bits per heavy atom. The highest BCUT2D eigenvalue weighted by Gasteiger charge is 2.37. The van der Waals surface area contributed by atoms with Crippen LogP contribution in [-0.4, -0.2) is 92.1 Å². The van der Waals surface area contributed by atoms with Crippen LogP contribution in [0.4, 0.5) is 17.6 Å². The van der Waals surface area contributed by atoms with Crippen LogP contribution in [0.2, 0.25) is 0 Å². The molecule has 0 unspecified atom stereocenters. The minimum absolute atomic E-state index is 0.00444. The number of hydrogen-bond acceptors (Lipinski definition) is 9. The SMILES string of the molecule is Cc1nn(-c2ccc3nnc(C(F)(F)F)n3n2)c(C)c1CCC(=O)N1CCN(Cc2cc(F)cc(-c3nn[nH]n3)c2)CC1. The first-order valence-electron chi connectivity index (χ1n) is 13.5. The number of aromatic nitrogens is 10. The van der Waals surface area contributed by atoms with Crippen LogP contribution in [0.5, 0.6) is 0 Å². The van der Waals surface area contributed by atoms with Gasteiger partial charge in [0.15, 0.2) is 11.5 Å². The van der Waals surface area contributed by atoms with Crippen molar-refractivity contribution in [1.29, 1.82) is 0 Å². The summed E-state index contributed by atoms with van der Waals surface area (Å²) in [5.41, 5.74) is 3.44. The maximum absolute atomic E-state index is 14.2. The number of nitrogens with zero attached hydrogens (tertiary/aromatic N) is 11. The Labute approximate surface area is 241 Å². The lowest BCUT2D eigenvalue weighted by Gasteiger charge is -2.35. The zero-order chi connectivity index (χ0) is 30.3. The Bertz CT molecular complexity index is 1770. The normalized spacial score (nSPS) is 14.6. The van der Waals surface area contributed by atoms with Crippen molar-refractivity contribution in [3.8, 4) is 17.2 Å². The van der Waals surface area contributed by atoms with Gasteiger partial charge in [-0.3, -0.25) is 9.69 Å². The molecule has 0 saturated carbocycles. The summed E-state index contributed by atoms with van der Waals surface area (Å²) < 4.78 is 56.3. The number of alkyl halides is 3. The van der Waals surface area contributed by atoms with Crippen LogP contribution < -0.4 is 0 Å². The zero-order valence-electron chi connectivity index (χ0n) is 23.2. The molecule has 1 aromatic carbocycles. The number of tetrazole rings is 1. The van der Waals surface area contributed by atoms with Crippen molar-refractivity contribution in [2.24, 2.45) is 0 Å². The van der Waals surface area contributed by atoms with E-state index >= 15 is 0 Å². The van der Waals surface area contributed by atoms with Crippen LogP contribution in [0, 0.1) is 19.7 Å². The van der Waals surface area contributed by atoms with Gasteiger partial charge in [-0.1, -0.05) is 0 Å². The summed E-state index contributed by atoms with van der Waals surface area (Å²) in [7, 11) is 0. The number of piperazine rings is 1. The van der Waals surface area contributed by atoms with E-state index < -0.39 is 12.0 Å². The number of benzene rings is 1. The molecule has 1 amide bonds. The van der Waals surface area contributed by atoms with Gasteiger partial charge in [-0.05, 0) is 66.9 Å². The summed E-state index contributed by atoms with van der Waals surface area (Å²) in [6.45, 7) is 6.43. The summed E-state index contributed by atoms with van der Waals surface area (Å²) in [6, 6.07) is 7.57. The number of hydrogen-bond donors (Lipinski definition) is 1. The second kappa shape index (κ2) is 11.1. The van der Waals surface area contributed by atoms with Crippen molar-refractivity contribution in [2.75, 3.05) is 26.2 Å². The third-order valence-electron chi connectivity index (χ3n) is 7.44. The molecule has 4 aromatic heterocycles. The topological polar surface area (TPSA) is 139 Å². The number of halogens is 4. The van der Waals surface area contributed by atoms with Gasteiger partial charge in [0.05, 0.1) is 5.69 Å². The van der Waals surface area contributed by atoms with Gasteiger partial charge in [0.2, 0.25) is 11.7 Å². The number of aryl methyl sites for hydroxylation is 1. The van der Waals surface area contributed by atoms with E-state index in [4.69, 9.17) is 0 Å². The predicted octanol–water partition coefficient (Wildman–Crippen LogP) is 2.54. The molecule has 0 spiro atoms. The fourth-order valence-electron chi connectivity index (χ4n) is 5.29. The first-order valence-corrected chi connectivity index (χ1v) is 13.5. The fraction of sp³-hybridized carbons (Fsp3) is 0.385. The third kappa shape index (κ3) is 5.79. The van der Waals surface area contributed by atoms with Crippen LogP contribution in [0.3, 0.4) is 0 Å². The van der Waals surface area contributed by atoms with Crippen LogP contribution in [-0.2, 0) is 23.9 Å². The first-order chi connectivity index (χ1) is 20.6. The summed E-state index contributed by atoms with van der Waals surface area (Å²) in [5, 5.41) is 29.0. The van der Waals surface area contributed by atoms with Gasteiger partial charge in [-0.15, -0.1) is 25.5 Å². The lowest BCUT2D eigenvalue weighted by molar-refractivity contribution is -0.146. The lowest BCUT2D eigenvalue weighted by Crippen LogP contribution is -2.48. The molecule has 17 heteroatoms. The molecule has 5 heterocycles. The highest BCUT2D eigenvalue weighted by Crippen LogP contribution is 2.28. The van der Waals surface area contributed by atoms with Crippen molar-refractivity contribution in [2.45, 2.75) is 39.4 Å². The molecule has 0 aliphatic carbocycles. The Balaban J connectivity index is 1.07. The summed E-state index contributed by atoms with van der Waals surface area (Å²) in [4.78, 5) is 17.0. The average Bonchev–Trinajstić information content (AvgIpc) is 3.71. The van der Waals surface area contributed by atoms with E-state index in [1.165, 1.54) is 28.9 Å². The van der Waals surface area contributed by atoms with Crippen molar-refractivity contribution >= 4 is 11.6 Å². The summed E-state index contributed by atoms with van der Waals surface area (Å²) in [6.07, 6.45) is -4.04. The van der Waals surface area contributed by atoms with Gasteiger partial charge in [0.1, 0.15) is 5.82 Å². The molecule has 1 fully saturated rings. The standard InChI is InChI=1S/C26H26F4N12O/c1-15-20(16(2)41(35-15)22-5-4-21-31-34-25(26(28,29)30)42(21)36-22)3-6-23(43)40-9-7-39(8-10-40)14-17-11-18(13-19(27)12-17)24-32-37-38-33-24/h4-5,11-13H,3,6-10,14H2,1-2H3,(H,32,33,37,38). The van der Waals surface area contributed by atoms with Crippen LogP contribution >= 0.6 is 0 Å². The van der Waals surface area contributed by atoms with E-state index in [1.54, 1.807) is 13.8 Å². The molecule has 1 aliphatic rings.